The second kappa shape index (κ2) is 5.00. The van der Waals surface area contributed by atoms with Gasteiger partial charge < -0.3 is 4.74 Å². The second-order valence-corrected chi connectivity index (χ2v) is 6.17. The van der Waals surface area contributed by atoms with E-state index in [9.17, 15) is 18.0 Å². The zero-order chi connectivity index (χ0) is 14.0. The molecule has 0 fully saturated rings. The summed E-state index contributed by atoms with van der Waals surface area (Å²) < 4.78 is 28.6. The van der Waals surface area contributed by atoms with Gasteiger partial charge in [0, 0.05) is 6.42 Å². The van der Waals surface area contributed by atoms with Gasteiger partial charge in [0.2, 0.25) is 5.91 Å². The molecule has 0 radical (unpaired) electrons. The fourth-order valence-corrected chi connectivity index (χ4v) is 3.36. The number of hydrogen-bond donors (Lipinski definition) is 0. The summed E-state index contributed by atoms with van der Waals surface area (Å²) in [5.41, 5.74) is 0.232. The third-order valence-corrected chi connectivity index (χ3v) is 4.65. The lowest BCUT2D eigenvalue weighted by Crippen LogP contribution is -2.35. The van der Waals surface area contributed by atoms with Crippen LogP contribution in [-0.4, -0.2) is 39.7 Å². The van der Waals surface area contributed by atoms with Crippen molar-refractivity contribution in [3.8, 4) is 0 Å². The number of anilines is 1. The Balaban J connectivity index is 2.53. The summed E-state index contributed by atoms with van der Waals surface area (Å²) in [5, 5.41) is 0. The minimum Gasteiger partial charge on any atom is -0.468 e. The third kappa shape index (κ3) is 2.60. The lowest BCUT2D eigenvalue weighted by Gasteiger charge is -2.20. The maximum Gasteiger partial charge on any atom is 0.325 e. The van der Waals surface area contributed by atoms with Gasteiger partial charge in [-0.15, -0.1) is 0 Å². The normalized spacial score (nSPS) is 17.5. The molecule has 7 heteroatoms. The molecule has 0 saturated heterocycles. The zero-order valence-corrected chi connectivity index (χ0v) is 11.1. The van der Waals surface area contributed by atoms with Crippen molar-refractivity contribution in [2.24, 2.45) is 0 Å². The van der Waals surface area contributed by atoms with Crippen LogP contribution >= 0.6 is 0 Å². The summed E-state index contributed by atoms with van der Waals surface area (Å²) in [4.78, 5) is 24.5. The van der Waals surface area contributed by atoms with Crippen molar-refractivity contribution in [1.29, 1.82) is 0 Å². The summed E-state index contributed by atoms with van der Waals surface area (Å²) in [6, 6.07) is 6.16. The van der Waals surface area contributed by atoms with Crippen molar-refractivity contribution in [2.75, 3.05) is 24.3 Å². The van der Waals surface area contributed by atoms with Gasteiger partial charge in [0.1, 0.15) is 6.54 Å². The Morgan fingerprint density at radius 3 is 2.74 bits per heavy atom. The lowest BCUT2D eigenvalue weighted by atomic mass is 10.2. The van der Waals surface area contributed by atoms with Crippen LogP contribution in [0.5, 0.6) is 0 Å². The molecule has 0 aromatic heterocycles. The number of esters is 1. The molecule has 1 aromatic rings. The van der Waals surface area contributed by atoms with Crippen molar-refractivity contribution >= 4 is 27.4 Å². The Labute approximate surface area is 110 Å². The summed E-state index contributed by atoms with van der Waals surface area (Å²) in [6.45, 7) is -0.290. The standard InChI is InChI=1S/C12H13NO5S/c1-18-12(15)8-13-9-4-2-3-5-10(9)19(16,17)7-6-11(13)14/h2-5H,6-8H2,1H3. The molecule has 6 nitrogen and oxygen atoms in total. The van der Waals surface area contributed by atoms with Gasteiger partial charge in [-0.25, -0.2) is 8.42 Å². The number of ether oxygens (including phenoxy) is 1. The first kappa shape index (κ1) is 13.5. The predicted molar refractivity (Wildman–Crippen MR) is 67.5 cm³/mol. The molecule has 1 amide bonds. The fraction of sp³-hybridized carbons (Fsp3) is 0.333. The van der Waals surface area contributed by atoms with Gasteiger partial charge in [-0.05, 0) is 12.1 Å². The van der Waals surface area contributed by atoms with Crippen LogP contribution in [0.1, 0.15) is 6.42 Å². The van der Waals surface area contributed by atoms with Gasteiger partial charge in [0.15, 0.2) is 9.84 Å². The zero-order valence-electron chi connectivity index (χ0n) is 10.3. The lowest BCUT2D eigenvalue weighted by molar-refractivity contribution is -0.140. The number of fused-ring (bicyclic) bond motifs is 1. The average molecular weight is 283 g/mol. The number of methoxy groups -OCH3 is 1. The van der Waals surface area contributed by atoms with Crippen LogP contribution in [0, 0.1) is 0 Å². The monoisotopic (exact) mass is 283 g/mol. The minimum absolute atomic E-state index is 0.0738. The molecule has 19 heavy (non-hydrogen) atoms. The van der Waals surface area contributed by atoms with Gasteiger partial charge in [-0.2, -0.15) is 0 Å². The molecule has 2 rings (SSSR count). The molecule has 1 aromatic carbocycles. The number of para-hydroxylation sites is 1. The number of hydrogen-bond acceptors (Lipinski definition) is 5. The topological polar surface area (TPSA) is 80.8 Å². The van der Waals surface area contributed by atoms with E-state index in [-0.39, 0.29) is 29.3 Å². The highest BCUT2D eigenvalue weighted by molar-refractivity contribution is 7.91. The van der Waals surface area contributed by atoms with Crippen LogP contribution in [0.25, 0.3) is 0 Å². The van der Waals surface area contributed by atoms with Crippen molar-refractivity contribution in [2.45, 2.75) is 11.3 Å². The maximum atomic E-state index is 12.0. The van der Waals surface area contributed by atoms with E-state index in [0.29, 0.717) is 0 Å². The van der Waals surface area contributed by atoms with Crippen LogP contribution in [-0.2, 0) is 24.2 Å². The molecule has 0 bridgehead atoms. The van der Waals surface area contributed by atoms with Gasteiger partial charge in [0.25, 0.3) is 0 Å². The van der Waals surface area contributed by atoms with E-state index < -0.39 is 21.7 Å². The van der Waals surface area contributed by atoms with E-state index in [1.807, 2.05) is 0 Å². The van der Waals surface area contributed by atoms with E-state index in [1.165, 1.54) is 19.2 Å². The predicted octanol–water partition coefficient (Wildman–Crippen LogP) is 0.370. The minimum atomic E-state index is -3.50. The first-order valence-electron chi connectivity index (χ1n) is 5.64. The number of rotatable bonds is 2. The van der Waals surface area contributed by atoms with Crippen LogP contribution < -0.4 is 4.90 Å². The van der Waals surface area contributed by atoms with Gasteiger partial charge >= 0.3 is 5.97 Å². The van der Waals surface area contributed by atoms with Crippen LogP contribution in [0.15, 0.2) is 29.2 Å². The Hall–Kier alpha value is -1.89. The Morgan fingerprint density at radius 1 is 1.37 bits per heavy atom. The molecule has 1 heterocycles. The largest absolute Gasteiger partial charge is 0.468 e. The van der Waals surface area contributed by atoms with Gasteiger partial charge in [-0.3, -0.25) is 14.5 Å². The molecule has 0 spiro atoms. The number of carbonyl (C=O) groups is 2. The smallest absolute Gasteiger partial charge is 0.325 e. The highest BCUT2D eigenvalue weighted by atomic mass is 32.2. The average Bonchev–Trinajstić information content (AvgIpc) is 2.49. The molecule has 1 aliphatic heterocycles. The Bertz CT molecular complexity index is 623. The summed E-state index contributed by atoms with van der Waals surface area (Å²) >= 11 is 0. The molecule has 0 atom stereocenters. The first-order valence-corrected chi connectivity index (χ1v) is 7.30. The van der Waals surface area contributed by atoms with E-state index >= 15 is 0 Å². The van der Waals surface area contributed by atoms with E-state index in [4.69, 9.17) is 0 Å². The van der Waals surface area contributed by atoms with E-state index in [1.54, 1.807) is 12.1 Å². The number of sulfone groups is 1. The molecule has 0 N–H and O–H groups in total. The summed E-state index contributed by atoms with van der Waals surface area (Å²) in [7, 11) is -2.29. The van der Waals surface area contributed by atoms with Gasteiger partial charge in [0.05, 0.1) is 23.4 Å². The number of amides is 1. The number of benzene rings is 1. The SMILES string of the molecule is COC(=O)CN1C(=O)CCS(=O)(=O)c2ccccc21. The summed E-state index contributed by atoms with van der Waals surface area (Å²) in [5.74, 6) is -1.25. The number of carbonyl (C=O) groups excluding carboxylic acids is 2. The molecule has 1 aliphatic rings. The van der Waals surface area contributed by atoms with Crippen LogP contribution in [0.4, 0.5) is 5.69 Å². The van der Waals surface area contributed by atoms with Crippen molar-refractivity contribution in [1.82, 2.24) is 0 Å². The van der Waals surface area contributed by atoms with E-state index in [2.05, 4.69) is 4.74 Å². The quantitative estimate of drug-likeness (QED) is 0.732. The van der Waals surface area contributed by atoms with Gasteiger partial charge in [-0.1, -0.05) is 12.1 Å². The summed E-state index contributed by atoms with van der Waals surface area (Å²) in [6.07, 6.45) is -0.145. The highest BCUT2D eigenvalue weighted by Gasteiger charge is 2.31. The highest BCUT2D eigenvalue weighted by Crippen LogP contribution is 2.29. The first-order chi connectivity index (χ1) is 8.95. The van der Waals surface area contributed by atoms with Crippen molar-refractivity contribution in [3.05, 3.63) is 24.3 Å². The van der Waals surface area contributed by atoms with Crippen LogP contribution in [0.2, 0.25) is 0 Å². The molecule has 0 saturated carbocycles. The van der Waals surface area contributed by atoms with Crippen molar-refractivity contribution in [3.63, 3.8) is 0 Å². The van der Waals surface area contributed by atoms with Crippen LogP contribution in [0.3, 0.4) is 0 Å². The molecule has 0 unspecified atom stereocenters. The Kier molecular flexibility index (Phi) is 3.57. The second-order valence-electron chi connectivity index (χ2n) is 4.09. The van der Waals surface area contributed by atoms with Crippen molar-refractivity contribution < 1.29 is 22.7 Å². The van der Waals surface area contributed by atoms with E-state index in [0.717, 1.165) is 4.90 Å². The molecule has 102 valence electrons. The number of nitrogens with zero attached hydrogens (tertiary/aromatic N) is 1. The Morgan fingerprint density at radius 2 is 2.05 bits per heavy atom. The third-order valence-electron chi connectivity index (χ3n) is 2.89. The fourth-order valence-electron chi connectivity index (χ4n) is 1.91. The maximum absolute atomic E-state index is 12.0. The molecule has 0 aliphatic carbocycles. The molecular formula is C12H13NO5S. The molecular weight excluding hydrogens is 270 g/mol.